The third-order valence-corrected chi connectivity index (χ3v) is 3.54. The first kappa shape index (κ1) is 10.9. The molecule has 1 fully saturated rings. The molecule has 1 nitrogen and oxygen atoms in total. The Hall–Kier alpha value is -0.610. The number of nitrogens with two attached hydrogens (primary N) is 1. The summed E-state index contributed by atoms with van der Waals surface area (Å²) in [5.41, 5.74) is 5.98. The quantitative estimate of drug-likeness (QED) is 0.806. The Bertz CT molecular complexity index is 388. The van der Waals surface area contributed by atoms with Crippen LogP contribution in [0.5, 0.6) is 0 Å². The van der Waals surface area contributed by atoms with E-state index in [-0.39, 0.29) is 5.54 Å². The van der Waals surface area contributed by atoms with Crippen LogP contribution in [0.3, 0.4) is 0 Å². The Balaban J connectivity index is 2.29. The Labute approximate surface area is 92.0 Å². The highest BCUT2D eigenvalue weighted by Crippen LogP contribution is 2.37. The molecule has 2 rings (SSSR count). The molecule has 0 amide bonds. The van der Waals surface area contributed by atoms with E-state index in [0.29, 0.717) is 16.9 Å². The van der Waals surface area contributed by atoms with Gasteiger partial charge in [0.25, 0.3) is 0 Å². The van der Waals surface area contributed by atoms with Gasteiger partial charge in [0.05, 0.1) is 0 Å². The zero-order chi connectivity index (χ0) is 11.1. The van der Waals surface area contributed by atoms with Crippen LogP contribution in [0.15, 0.2) is 17.0 Å². The fraction of sp³-hybridized carbons (Fsp3) is 0.455. The monoisotopic (exact) mass is 229 g/mol. The maximum Gasteiger partial charge on any atom is 0.172 e. The van der Waals surface area contributed by atoms with Gasteiger partial charge in [-0.25, -0.2) is 8.78 Å². The summed E-state index contributed by atoms with van der Waals surface area (Å²) in [6.45, 7) is 0. The van der Waals surface area contributed by atoms with Gasteiger partial charge in [-0.1, -0.05) is 6.07 Å². The van der Waals surface area contributed by atoms with E-state index in [1.54, 1.807) is 18.4 Å². The third kappa shape index (κ3) is 2.16. The highest BCUT2D eigenvalue weighted by molar-refractivity contribution is 7.98. The Kier molecular flexibility index (Phi) is 2.73. The van der Waals surface area contributed by atoms with Crippen LogP contribution in [0.2, 0.25) is 0 Å². The maximum absolute atomic E-state index is 13.6. The maximum atomic E-state index is 13.6. The van der Waals surface area contributed by atoms with Crippen molar-refractivity contribution in [3.8, 4) is 0 Å². The van der Waals surface area contributed by atoms with Crippen molar-refractivity contribution in [2.75, 3.05) is 6.26 Å². The standard InChI is InChI=1S/C11H13F2NS/c1-15-8-3-2-7(9(12)10(8)13)6-11(14)4-5-11/h2-3H,4-6,14H2,1H3. The van der Waals surface area contributed by atoms with Gasteiger partial charge in [-0.2, -0.15) is 0 Å². The van der Waals surface area contributed by atoms with E-state index < -0.39 is 11.6 Å². The zero-order valence-electron chi connectivity index (χ0n) is 8.52. The average Bonchev–Trinajstić information content (AvgIpc) is 2.92. The van der Waals surface area contributed by atoms with Gasteiger partial charge in [-0.3, -0.25) is 0 Å². The Morgan fingerprint density at radius 2 is 2.00 bits per heavy atom. The number of thioether (sulfide) groups is 1. The minimum atomic E-state index is -0.746. The first-order valence-corrected chi connectivity index (χ1v) is 6.08. The molecule has 0 heterocycles. The molecule has 4 heteroatoms. The third-order valence-electron chi connectivity index (χ3n) is 2.78. The molecule has 0 aromatic heterocycles. The molecule has 0 saturated heterocycles. The van der Waals surface area contributed by atoms with Crippen LogP contribution in [0.25, 0.3) is 0 Å². The van der Waals surface area contributed by atoms with Crippen molar-refractivity contribution in [1.29, 1.82) is 0 Å². The Morgan fingerprint density at radius 1 is 1.33 bits per heavy atom. The molecule has 0 atom stereocenters. The number of halogens is 2. The second-order valence-electron chi connectivity index (χ2n) is 4.09. The fourth-order valence-corrected chi connectivity index (χ4v) is 2.06. The molecule has 0 spiro atoms. The SMILES string of the molecule is CSc1ccc(CC2(N)CC2)c(F)c1F. The van der Waals surface area contributed by atoms with E-state index in [0.717, 1.165) is 12.8 Å². The predicted molar refractivity (Wildman–Crippen MR) is 58.0 cm³/mol. The molecule has 1 aromatic rings. The summed E-state index contributed by atoms with van der Waals surface area (Å²) < 4.78 is 27.0. The van der Waals surface area contributed by atoms with E-state index >= 15 is 0 Å². The van der Waals surface area contributed by atoms with Crippen LogP contribution in [0.1, 0.15) is 18.4 Å². The number of rotatable bonds is 3. The van der Waals surface area contributed by atoms with E-state index in [4.69, 9.17) is 5.73 Å². The molecule has 0 unspecified atom stereocenters. The van der Waals surface area contributed by atoms with E-state index in [1.165, 1.54) is 11.8 Å². The lowest BCUT2D eigenvalue weighted by atomic mass is 10.0. The van der Waals surface area contributed by atoms with Crippen molar-refractivity contribution in [3.05, 3.63) is 29.3 Å². The summed E-state index contributed by atoms with van der Waals surface area (Å²) in [5, 5.41) is 0. The van der Waals surface area contributed by atoms with Gasteiger partial charge in [-0.05, 0) is 37.1 Å². The van der Waals surface area contributed by atoms with E-state index in [9.17, 15) is 8.78 Å². The molecule has 1 aliphatic carbocycles. The number of benzene rings is 1. The van der Waals surface area contributed by atoms with Crippen LogP contribution >= 0.6 is 11.8 Å². The van der Waals surface area contributed by atoms with Gasteiger partial charge in [0.15, 0.2) is 11.6 Å². The summed E-state index contributed by atoms with van der Waals surface area (Å²) in [6, 6.07) is 3.25. The minimum Gasteiger partial charge on any atom is -0.325 e. The molecular weight excluding hydrogens is 216 g/mol. The van der Waals surface area contributed by atoms with E-state index in [2.05, 4.69) is 0 Å². The lowest BCUT2D eigenvalue weighted by molar-refractivity contribution is 0.476. The summed E-state index contributed by atoms with van der Waals surface area (Å²) in [6.07, 6.45) is 3.96. The van der Waals surface area contributed by atoms with Gasteiger partial charge in [0.2, 0.25) is 0 Å². The highest BCUT2D eigenvalue weighted by Gasteiger charge is 2.39. The largest absolute Gasteiger partial charge is 0.325 e. The molecular formula is C11H13F2NS. The molecule has 0 aliphatic heterocycles. The molecule has 1 saturated carbocycles. The first-order valence-electron chi connectivity index (χ1n) is 4.85. The van der Waals surface area contributed by atoms with Crippen LogP contribution in [-0.2, 0) is 6.42 Å². The summed E-state index contributed by atoms with van der Waals surface area (Å²) in [7, 11) is 0. The molecule has 82 valence electrons. The highest BCUT2D eigenvalue weighted by atomic mass is 32.2. The number of hydrogen-bond donors (Lipinski definition) is 1. The molecule has 0 bridgehead atoms. The summed E-state index contributed by atoms with van der Waals surface area (Å²) in [5.74, 6) is -1.48. The van der Waals surface area contributed by atoms with Gasteiger partial charge >= 0.3 is 0 Å². The molecule has 2 N–H and O–H groups in total. The van der Waals surface area contributed by atoms with Gasteiger partial charge < -0.3 is 5.73 Å². The predicted octanol–water partition coefficient (Wildman–Crippen LogP) is 2.72. The lowest BCUT2D eigenvalue weighted by Gasteiger charge is -2.11. The molecule has 1 aromatic carbocycles. The summed E-state index contributed by atoms with van der Waals surface area (Å²) in [4.78, 5) is 0.345. The van der Waals surface area contributed by atoms with Crippen molar-refractivity contribution in [2.45, 2.75) is 29.7 Å². The summed E-state index contributed by atoms with van der Waals surface area (Å²) >= 11 is 1.21. The van der Waals surface area contributed by atoms with Crippen molar-refractivity contribution in [3.63, 3.8) is 0 Å². The van der Waals surface area contributed by atoms with Gasteiger partial charge in [0.1, 0.15) is 0 Å². The number of hydrogen-bond acceptors (Lipinski definition) is 2. The topological polar surface area (TPSA) is 26.0 Å². The Morgan fingerprint density at radius 3 is 2.53 bits per heavy atom. The smallest absolute Gasteiger partial charge is 0.172 e. The zero-order valence-corrected chi connectivity index (χ0v) is 9.33. The molecule has 1 aliphatic rings. The lowest BCUT2D eigenvalue weighted by Crippen LogP contribution is -2.25. The van der Waals surface area contributed by atoms with Crippen molar-refractivity contribution in [1.82, 2.24) is 0 Å². The van der Waals surface area contributed by atoms with Crippen molar-refractivity contribution in [2.24, 2.45) is 5.73 Å². The second kappa shape index (κ2) is 3.76. The second-order valence-corrected chi connectivity index (χ2v) is 4.94. The fourth-order valence-electron chi connectivity index (χ4n) is 1.58. The van der Waals surface area contributed by atoms with Crippen LogP contribution in [0, 0.1) is 11.6 Å². The molecule has 0 radical (unpaired) electrons. The van der Waals surface area contributed by atoms with Gasteiger partial charge in [-0.15, -0.1) is 11.8 Å². The van der Waals surface area contributed by atoms with E-state index in [1.807, 2.05) is 0 Å². The van der Waals surface area contributed by atoms with Crippen LogP contribution in [-0.4, -0.2) is 11.8 Å². The van der Waals surface area contributed by atoms with Crippen LogP contribution < -0.4 is 5.73 Å². The minimum absolute atomic E-state index is 0.284. The normalized spacial score (nSPS) is 17.9. The average molecular weight is 229 g/mol. The molecule has 15 heavy (non-hydrogen) atoms. The van der Waals surface area contributed by atoms with Crippen molar-refractivity contribution < 1.29 is 8.78 Å². The van der Waals surface area contributed by atoms with Crippen LogP contribution in [0.4, 0.5) is 8.78 Å². The first-order chi connectivity index (χ1) is 7.06. The van der Waals surface area contributed by atoms with Crippen molar-refractivity contribution >= 4 is 11.8 Å². The van der Waals surface area contributed by atoms with Gasteiger partial charge in [0, 0.05) is 10.4 Å².